The minimum absolute atomic E-state index is 0.0518. The molecule has 2 N–H and O–H groups in total. The lowest BCUT2D eigenvalue weighted by Gasteiger charge is -2.27. The van der Waals surface area contributed by atoms with Crippen LogP contribution in [0.25, 0.3) is 0 Å². The van der Waals surface area contributed by atoms with Gasteiger partial charge in [-0.1, -0.05) is 50.6 Å². The Bertz CT molecular complexity index is 496. The molecule has 0 aliphatic heterocycles. The Morgan fingerprint density at radius 2 is 1.95 bits per heavy atom. The molecule has 1 amide bonds. The Labute approximate surface area is 119 Å². The molecule has 4 nitrogen and oxygen atoms in total. The van der Waals surface area contributed by atoms with Crippen LogP contribution in [0.15, 0.2) is 30.3 Å². The first-order valence-electron chi connectivity index (χ1n) is 7.00. The first-order chi connectivity index (χ1) is 9.42. The molecule has 0 heterocycles. The van der Waals surface area contributed by atoms with Crippen LogP contribution in [0.1, 0.15) is 44.7 Å². The van der Waals surface area contributed by atoms with Crippen molar-refractivity contribution in [1.29, 1.82) is 0 Å². The fraction of sp³-hybridized carbons (Fsp3) is 0.500. The molecule has 0 bridgehead atoms. The third-order valence-corrected chi connectivity index (χ3v) is 4.24. The van der Waals surface area contributed by atoms with E-state index in [2.05, 4.69) is 19.2 Å². The van der Waals surface area contributed by atoms with Gasteiger partial charge < -0.3 is 10.4 Å². The maximum Gasteiger partial charge on any atom is 0.330 e. The SMILES string of the molecule is CC1(C)CCCC1C(=O)N[C@@H](C(=O)O)c1ccccc1. The Kier molecular flexibility index (Phi) is 4.12. The number of benzene rings is 1. The smallest absolute Gasteiger partial charge is 0.330 e. The summed E-state index contributed by atoms with van der Waals surface area (Å²) in [4.78, 5) is 23.8. The van der Waals surface area contributed by atoms with Crippen molar-refractivity contribution in [3.8, 4) is 0 Å². The second-order valence-electron chi connectivity index (χ2n) is 6.12. The number of carboxylic acid groups (broad SMARTS) is 1. The average Bonchev–Trinajstić information content (AvgIpc) is 2.76. The van der Waals surface area contributed by atoms with E-state index in [1.54, 1.807) is 24.3 Å². The summed E-state index contributed by atoms with van der Waals surface area (Å²) in [6.45, 7) is 4.14. The van der Waals surface area contributed by atoms with E-state index in [1.165, 1.54) is 0 Å². The number of aliphatic carboxylic acids is 1. The summed E-state index contributed by atoms with van der Waals surface area (Å²) < 4.78 is 0. The van der Waals surface area contributed by atoms with Gasteiger partial charge in [-0.3, -0.25) is 4.79 Å². The number of nitrogens with one attached hydrogen (secondary N) is 1. The van der Waals surface area contributed by atoms with Crippen molar-refractivity contribution in [2.45, 2.75) is 39.2 Å². The molecular weight excluding hydrogens is 254 g/mol. The molecule has 0 saturated heterocycles. The highest BCUT2D eigenvalue weighted by Crippen LogP contribution is 2.42. The molecule has 1 aromatic carbocycles. The maximum atomic E-state index is 12.4. The van der Waals surface area contributed by atoms with Gasteiger partial charge in [0.25, 0.3) is 0 Å². The normalized spacial score (nSPS) is 22.2. The van der Waals surface area contributed by atoms with Gasteiger partial charge in [0, 0.05) is 5.92 Å². The highest BCUT2D eigenvalue weighted by Gasteiger charge is 2.40. The van der Waals surface area contributed by atoms with Crippen molar-refractivity contribution in [3.05, 3.63) is 35.9 Å². The summed E-state index contributed by atoms with van der Waals surface area (Å²) in [5.74, 6) is -1.28. The second-order valence-corrected chi connectivity index (χ2v) is 6.12. The van der Waals surface area contributed by atoms with Crippen LogP contribution in [0.2, 0.25) is 0 Å². The molecule has 2 rings (SSSR count). The average molecular weight is 275 g/mol. The Balaban J connectivity index is 2.13. The van der Waals surface area contributed by atoms with Crippen LogP contribution in [0.4, 0.5) is 0 Å². The van der Waals surface area contributed by atoms with E-state index in [-0.39, 0.29) is 17.2 Å². The van der Waals surface area contributed by atoms with Crippen molar-refractivity contribution in [2.24, 2.45) is 11.3 Å². The number of carbonyl (C=O) groups excluding carboxylic acids is 1. The lowest BCUT2D eigenvalue weighted by molar-refractivity contribution is -0.143. The highest BCUT2D eigenvalue weighted by molar-refractivity contribution is 5.86. The first kappa shape index (κ1) is 14.6. The van der Waals surface area contributed by atoms with Crippen molar-refractivity contribution in [1.82, 2.24) is 5.32 Å². The minimum atomic E-state index is -1.03. The van der Waals surface area contributed by atoms with Crippen molar-refractivity contribution >= 4 is 11.9 Å². The highest BCUT2D eigenvalue weighted by atomic mass is 16.4. The van der Waals surface area contributed by atoms with Crippen LogP contribution in [0, 0.1) is 11.3 Å². The van der Waals surface area contributed by atoms with Gasteiger partial charge >= 0.3 is 5.97 Å². The number of hydrogen-bond donors (Lipinski definition) is 2. The number of carbonyl (C=O) groups is 2. The fourth-order valence-electron chi connectivity index (χ4n) is 2.99. The zero-order chi connectivity index (χ0) is 14.8. The van der Waals surface area contributed by atoms with E-state index in [0.717, 1.165) is 19.3 Å². The van der Waals surface area contributed by atoms with Crippen LogP contribution >= 0.6 is 0 Å². The van der Waals surface area contributed by atoms with E-state index in [4.69, 9.17) is 0 Å². The van der Waals surface area contributed by atoms with E-state index in [9.17, 15) is 14.7 Å². The van der Waals surface area contributed by atoms with Crippen molar-refractivity contribution in [2.75, 3.05) is 0 Å². The van der Waals surface area contributed by atoms with Gasteiger partial charge in [0.2, 0.25) is 5.91 Å². The fourth-order valence-corrected chi connectivity index (χ4v) is 2.99. The molecule has 1 aliphatic carbocycles. The van der Waals surface area contributed by atoms with Crippen LogP contribution < -0.4 is 5.32 Å². The largest absolute Gasteiger partial charge is 0.479 e. The zero-order valence-electron chi connectivity index (χ0n) is 11.9. The van der Waals surface area contributed by atoms with Crippen molar-refractivity contribution < 1.29 is 14.7 Å². The molecule has 0 aromatic heterocycles. The van der Waals surface area contributed by atoms with E-state index < -0.39 is 12.0 Å². The maximum absolute atomic E-state index is 12.4. The Morgan fingerprint density at radius 1 is 1.30 bits per heavy atom. The predicted octanol–water partition coefficient (Wildman–Crippen LogP) is 2.75. The van der Waals surface area contributed by atoms with Gasteiger partial charge in [0.05, 0.1) is 0 Å². The van der Waals surface area contributed by atoms with Gasteiger partial charge in [-0.2, -0.15) is 0 Å². The molecule has 1 aromatic rings. The molecule has 0 spiro atoms. The number of rotatable bonds is 4. The van der Waals surface area contributed by atoms with Crippen LogP contribution in [0.3, 0.4) is 0 Å². The second kappa shape index (κ2) is 5.65. The van der Waals surface area contributed by atoms with E-state index >= 15 is 0 Å². The third kappa shape index (κ3) is 3.00. The molecule has 1 saturated carbocycles. The standard InChI is InChI=1S/C16H21NO3/c1-16(2)10-6-9-12(16)14(18)17-13(15(19)20)11-7-4-3-5-8-11/h3-5,7-8,12-13H,6,9-10H2,1-2H3,(H,17,18)(H,19,20)/t12?,13-/m1/s1. The first-order valence-corrected chi connectivity index (χ1v) is 7.00. The molecule has 0 radical (unpaired) electrons. The number of carboxylic acids is 1. The topological polar surface area (TPSA) is 66.4 Å². The summed E-state index contributed by atoms with van der Waals surface area (Å²) in [6.07, 6.45) is 2.86. The summed E-state index contributed by atoms with van der Waals surface area (Å²) >= 11 is 0. The molecule has 20 heavy (non-hydrogen) atoms. The molecule has 108 valence electrons. The summed E-state index contributed by atoms with van der Waals surface area (Å²) in [5, 5.41) is 12.0. The zero-order valence-corrected chi connectivity index (χ0v) is 11.9. The third-order valence-electron chi connectivity index (χ3n) is 4.24. The quantitative estimate of drug-likeness (QED) is 0.888. The van der Waals surface area contributed by atoms with Gasteiger partial charge in [-0.15, -0.1) is 0 Å². The molecule has 2 atom stereocenters. The van der Waals surface area contributed by atoms with Crippen molar-refractivity contribution in [3.63, 3.8) is 0 Å². The molecule has 1 aliphatic rings. The lowest BCUT2D eigenvalue weighted by Crippen LogP contribution is -2.40. The van der Waals surface area contributed by atoms with Gasteiger partial charge in [-0.25, -0.2) is 4.79 Å². The monoisotopic (exact) mass is 275 g/mol. The van der Waals surface area contributed by atoms with Crippen LogP contribution in [-0.4, -0.2) is 17.0 Å². The Hall–Kier alpha value is -1.84. The van der Waals surface area contributed by atoms with Crippen LogP contribution in [-0.2, 0) is 9.59 Å². The lowest BCUT2D eigenvalue weighted by atomic mass is 9.81. The Morgan fingerprint density at radius 3 is 2.45 bits per heavy atom. The number of amides is 1. The van der Waals surface area contributed by atoms with Crippen LogP contribution in [0.5, 0.6) is 0 Å². The molecule has 1 unspecified atom stereocenters. The summed E-state index contributed by atoms with van der Waals surface area (Å²) in [6, 6.07) is 7.84. The molecular formula is C16H21NO3. The molecule has 4 heteroatoms. The van der Waals surface area contributed by atoms with Gasteiger partial charge in [0.15, 0.2) is 6.04 Å². The summed E-state index contributed by atoms with van der Waals surface area (Å²) in [5.41, 5.74) is 0.549. The summed E-state index contributed by atoms with van der Waals surface area (Å²) in [7, 11) is 0. The van der Waals surface area contributed by atoms with Gasteiger partial charge in [0.1, 0.15) is 0 Å². The van der Waals surface area contributed by atoms with E-state index in [0.29, 0.717) is 5.56 Å². The van der Waals surface area contributed by atoms with E-state index in [1.807, 2.05) is 6.07 Å². The van der Waals surface area contributed by atoms with Gasteiger partial charge in [-0.05, 0) is 23.8 Å². The predicted molar refractivity (Wildman–Crippen MR) is 76.1 cm³/mol. The number of hydrogen-bond acceptors (Lipinski definition) is 2. The molecule has 1 fully saturated rings. The minimum Gasteiger partial charge on any atom is -0.479 e.